The van der Waals surface area contributed by atoms with E-state index in [0.29, 0.717) is 0 Å². The van der Waals surface area contributed by atoms with E-state index in [2.05, 4.69) is 67.7 Å². The van der Waals surface area contributed by atoms with Gasteiger partial charge < -0.3 is 0 Å². The zero-order valence-corrected chi connectivity index (χ0v) is 13.3. The molecule has 0 N–H and O–H groups in total. The highest BCUT2D eigenvalue weighted by Gasteiger charge is 2.09. The lowest BCUT2D eigenvalue weighted by atomic mass is 9.95. The minimum atomic E-state index is 0.909. The fourth-order valence-corrected chi connectivity index (χ4v) is 2.97. The van der Waals surface area contributed by atoms with Gasteiger partial charge in [0.25, 0.3) is 0 Å². The van der Waals surface area contributed by atoms with Crippen molar-refractivity contribution in [2.24, 2.45) is 0 Å². The summed E-state index contributed by atoms with van der Waals surface area (Å²) in [6.07, 6.45) is 0.909. The fraction of sp³-hybridized carbons (Fsp3) is 0.0526. The van der Waals surface area contributed by atoms with Crippen LogP contribution in [0.4, 0.5) is 0 Å². The Hall–Kier alpha value is -1.64. The predicted octanol–water partition coefficient (Wildman–Crippen LogP) is 5.52. The molecular formula is C19H16S2. The van der Waals surface area contributed by atoms with Crippen molar-refractivity contribution in [3.63, 3.8) is 0 Å². The van der Waals surface area contributed by atoms with E-state index in [9.17, 15) is 0 Å². The maximum atomic E-state index is 4.59. The van der Waals surface area contributed by atoms with E-state index in [1.807, 2.05) is 30.3 Å². The van der Waals surface area contributed by atoms with Crippen LogP contribution in [0, 0.1) is 0 Å². The minimum absolute atomic E-state index is 0.909. The summed E-state index contributed by atoms with van der Waals surface area (Å²) in [6.45, 7) is 0. The Labute approximate surface area is 136 Å². The first-order valence-electron chi connectivity index (χ1n) is 6.88. The summed E-state index contributed by atoms with van der Waals surface area (Å²) in [4.78, 5) is 1.96. The van der Waals surface area contributed by atoms with Crippen molar-refractivity contribution in [1.82, 2.24) is 0 Å². The standard InChI is InChI=1S/C19H16S2/c20-16-11-10-15(12-14-6-2-1-3-7-14)18(13-16)17-8-4-5-9-19(17)21/h1-11,13,20-21H,12H2. The van der Waals surface area contributed by atoms with Gasteiger partial charge in [0.2, 0.25) is 0 Å². The van der Waals surface area contributed by atoms with Crippen LogP contribution in [0.2, 0.25) is 0 Å². The van der Waals surface area contributed by atoms with Gasteiger partial charge in [-0.1, -0.05) is 54.6 Å². The van der Waals surface area contributed by atoms with E-state index in [1.165, 1.54) is 16.7 Å². The largest absolute Gasteiger partial charge is 0.143 e. The van der Waals surface area contributed by atoms with Gasteiger partial charge in [-0.05, 0) is 46.9 Å². The molecule has 0 aromatic heterocycles. The van der Waals surface area contributed by atoms with Gasteiger partial charge in [-0.25, -0.2) is 0 Å². The summed E-state index contributed by atoms with van der Waals surface area (Å²) >= 11 is 9.08. The van der Waals surface area contributed by atoms with Gasteiger partial charge in [0, 0.05) is 9.79 Å². The molecule has 0 aliphatic carbocycles. The van der Waals surface area contributed by atoms with Gasteiger partial charge in [-0.15, -0.1) is 25.3 Å². The van der Waals surface area contributed by atoms with Crippen LogP contribution >= 0.6 is 25.3 Å². The van der Waals surface area contributed by atoms with Gasteiger partial charge >= 0.3 is 0 Å². The summed E-state index contributed by atoms with van der Waals surface area (Å²) < 4.78 is 0. The lowest BCUT2D eigenvalue weighted by Crippen LogP contribution is -1.93. The lowest BCUT2D eigenvalue weighted by molar-refractivity contribution is 1.18. The molecule has 0 aliphatic heterocycles. The quantitative estimate of drug-likeness (QED) is 0.585. The summed E-state index contributed by atoms with van der Waals surface area (Å²) in [5.74, 6) is 0. The van der Waals surface area contributed by atoms with Gasteiger partial charge in [0.15, 0.2) is 0 Å². The number of hydrogen-bond donors (Lipinski definition) is 2. The van der Waals surface area contributed by atoms with Crippen LogP contribution in [0.5, 0.6) is 0 Å². The molecular weight excluding hydrogens is 292 g/mol. The van der Waals surface area contributed by atoms with Crippen molar-refractivity contribution in [1.29, 1.82) is 0 Å². The topological polar surface area (TPSA) is 0 Å². The van der Waals surface area contributed by atoms with E-state index in [4.69, 9.17) is 0 Å². The molecule has 0 amide bonds. The predicted molar refractivity (Wildman–Crippen MR) is 95.6 cm³/mol. The molecule has 0 nitrogen and oxygen atoms in total. The summed E-state index contributed by atoms with van der Waals surface area (Å²) in [7, 11) is 0. The SMILES string of the molecule is Sc1ccc(Cc2ccccc2)c(-c2ccccc2S)c1. The van der Waals surface area contributed by atoms with E-state index in [-0.39, 0.29) is 0 Å². The van der Waals surface area contributed by atoms with Gasteiger partial charge in [-0.3, -0.25) is 0 Å². The molecule has 0 radical (unpaired) electrons. The van der Waals surface area contributed by atoms with Crippen molar-refractivity contribution in [3.05, 3.63) is 83.9 Å². The molecule has 0 heterocycles. The summed E-state index contributed by atoms with van der Waals surface area (Å²) in [5, 5.41) is 0. The molecule has 0 unspecified atom stereocenters. The smallest absolute Gasteiger partial charge is 0.0119 e. The normalized spacial score (nSPS) is 10.6. The van der Waals surface area contributed by atoms with Crippen molar-refractivity contribution in [2.75, 3.05) is 0 Å². The lowest BCUT2D eigenvalue weighted by Gasteiger charge is -2.13. The first-order valence-corrected chi connectivity index (χ1v) is 7.77. The van der Waals surface area contributed by atoms with Crippen LogP contribution in [0.1, 0.15) is 11.1 Å². The summed E-state index contributed by atoms with van der Waals surface area (Å²) in [6, 6.07) is 25.0. The van der Waals surface area contributed by atoms with Gasteiger partial charge in [0.1, 0.15) is 0 Å². The second kappa shape index (κ2) is 6.42. The molecule has 0 saturated carbocycles. The van der Waals surface area contributed by atoms with Crippen molar-refractivity contribution >= 4 is 25.3 Å². The highest BCUT2D eigenvalue weighted by Crippen LogP contribution is 2.32. The fourth-order valence-electron chi connectivity index (χ4n) is 2.49. The molecule has 0 aliphatic rings. The van der Waals surface area contributed by atoms with Gasteiger partial charge in [-0.2, -0.15) is 0 Å². The minimum Gasteiger partial charge on any atom is -0.143 e. The Morgan fingerprint density at radius 1 is 0.667 bits per heavy atom. The summed E-state index contributed by atoms with van der Waals surface area (Å²) in [5.41, 5.74) is 4.96. The van der Waals surface area contributed by atoms with Gasteiger partial charge in [0.05, 0.1) is 0 Å². The first kappa shape index (κ1) is 14.3. The molecule has 0 spiro atoms. The molecule has 21 heavy (non-hydrogen) atoms. The van der Waals surface area contributed by atoms with E-state index < -0.39 is 0 Å². The average Bonchev–Trinajstić information content (AvgIpc) is 2.51. The third kappa shape index (κ3) is 3.34. The van der Waals surface area contributed by atoms with Crippen molar-refractivity contribution in [3.8, 4) is 11.1 Å². The number of rotatable bonds is 3. The number of benzene rings is 3. The molecule has 2 heteroatoms. The molecule has 3 rings (SSSR count). The van der Waals surface area contributed by atoms with Crippen molar-refractivity contribution < 1.29 is 0 Å². The zero-order valence-electron chi connectivity index (χ0n) is 11.5. The Morgan fingerprint density at radius 2 is 1.38 bits per heavy atom. The Balaban J connectivity index is 2.08. The van der Waals surface area contributed by atoms with Crippen LogP contribution in [0.3, 0.4) is 0 Å². The zero-order chi connectivity index (χ0) is 14.7. The number of hydrogen-bond acceptors (Lipinski definition) is 2. The molecule has 0 bridgehead atoms. The molecule has 0 saturated heterocycles. The second-order valence-electron chi connectivity index (χ2n) is 5.02. The molecule has 3 aromatic carbocycles. The van der Waals surface area contributed by atoms with Crippen LogP contribution < -0.4 is 0 Å². The molecule has 0 fully saturated rings. The van der Waals surface area contributed by atoms with Crippen LogP contribution in [-0.2, 0) is 6.42 Å². The molecule has 104 valence electrons. The monoisotopic (exact) mass is 308 g/mol. The Bertz CT molecular complexity index is 749. The molecule has 3 aromatic rings. The van der Waals surface area contributed by atoms with E-state index in [1.54, 1.807) is 0 Å². The maximum absolute atomic E-state index is 4.59. The third-order valence-corrected chi connectivity index (χ3v) is 4.19. The third-order valence-electron chi connectivity index (χ3n) is 3.53. The van der Waals surface area contributed by atoms with Crippen molar-refractivity contribution in [2.45, 2.75) is 16.2 Å². The number of thiol groups is 2. The van der Waals surface area contributed by atoms with Crippen LogP contribution in [-0.4, -0.2) is 0 Å². The van der Waals surface area contributed by atoms with Crippen LogP contribution in [0.25, 0.3) is 11.1 Å². The second-order valence-corrected chi connectivity index (χ2v) is 6.02. The Kier molecular flexibility index (Phi) is 4.37. The highest BCUT2D eigenvalue weighted by molar-refractivity contribution is 7.80. The average molecular weight is 308 g/mol. The highest BCUT2D eigenvalue weighted by atomic mass is 32.1. The maximum Gasteiger partial charge on any atom is 0.0119 e. The van der Waals surface area contributed by atoms with Crippen LogP contribution in [0.15, 0.2) is 82.6 Å². The van der Waals surface area contributed by atoms with E-state index in [0.717, 1.165) is 21.8 Å². The molecule has 0 atom stereocenters. The Morgan fingerprint density at radius 3 is 2.14 bits per heavy atom. The first-order chi connectivity index (χ1) is 10.2. The van der Waals surface area contributed by atoms with E-state index >= 15 is 0 Å².